The minimum Gasteiger partial charge on any atom is -0.508 e. The smallest absolute Gasteiger partial charge is 0.328 e. The number of alkyl halides is 1. The number of nitrogens with zero attached hydrogens (tertiary/aromatic N) is 1. The van der Waals surface area contributed by atoms with Gasteiger partial charge in [-0.3, -0.25) is 4.90 Å². The van der Waals surface area contributed by atoms with Gasteiger partial charge in [-0.15, -0.1) is 0 Å². The van der Waals surface area contributed by atoms with Crippen LogP contribution < -0.4 is 0 Å². The fourth-order valence-electron chi connectivity index (χ4n) is 3.67. The zero-order valence-electron chi connectivity index (χ0n) is 15.5. The lowest BCUT2D eigenvalue weighted by atomic mass is 9.87. The summed E-state index contributed by atoms with van der Waals surface area (Å²) < 4.78 is 14.4. The van der Waals surface area contributed by atoms with E-state index < -0.39 is 11.6 Å². The van der Waals surface area contributed by atoms with E-state index in [-0.39, 0.29) is 11.8 Å². The number of fused-ring (bicyclic) bond motifs is 1. The number of hydrogen-bond acceptors (Lipinski definition) is 3. The normalized spacial score (nSPS) is 17.8. The molecule has 5 heteroatoms. The number of rotatable bonds is 5. The van der Waals surface area contributed by atoms with Crippen LogP contribution in [0.2, 0.25) is 0 Å². The molecule has 27 heavy (non-hydrogen) atoms. The summed E-state index contributed by atoms with van der Waals surface area (Å²) in [7, 11) is 0. The third-order valence-corrected chi connectivity index (χ3v) is 4.70. The first kappa shape index (κ1) is 19.1. The van der Waals surface area contributed by atoms with Gasteiger partial charge in [-0.05, 0) is 60.7 Å². The van der Waals surface area contributed by atoms with Gasteiger partial charge in [0, 0.05) is 19.2 Å². The molecule has 1 atom stereocenters. The van der Waals surface area contributed by atoms with Crippen molar-refractivity contribution >= 4 is 12.0 Å². The Hall–Kier alpha value is -2.66. The van der Waals surface area contributed by atoms with Crippen LogP contribution in [0.1, 0.15) is 42.1 Å². The molecule has 1 aliphatic heterocycles. The number of hydrogen-bond donors (Lipinski definition) is 2. The summed E-state index contributed by atoms with van der Waals surface area (Å²) in [4.78, 5) is 12.8. The second-order valence-corrected chi connectivity index (χ2v) is 7.56. The van der Waals surface area contributed by atoms with E-state index in [0.717, 1.165) is 34.8 Å². The van der Waals surface area contributed by atoms with Crippen molar-refractivity contribution in [2.45, 2.75) is 32.0 Å². The van der Waals surface area contributed by atoms with E-state index in [1.54, 1.807) is 32.1 Å². The van der Waals surface area contributed by atoms with Gasteiger partial charge in [0.25, 0.3) is 0 Å². The molecule has 1 unspecified atom stereocenters. The van der Waals surface area contributed by atoms with Crippen LogP contribution >= 0.6 is 0 Å². The highest BCUT2D eigenvalue weighted by Crippen LogP contribution is 2.37. The minimum atomic E-state index is -1.32. The molecule has 0 bridgehead atoms. The largest absolute Gasteiger partial charge is 0.508 e. The first-order chi connectivity index (χ1) is 12.7. The summed E-state index contributed by atoms with van der Waals surface area (Å²) in [5.74, 6) is -0.752. The monoisotopic (exact) mass is 369 g/mol. The van der Waals surface area contributed by atoms with Gasteiger partial charge in [0.15, 0.2) is 0 Å². The maximum Gasteiger partial charge on any atom is 0.328 e. The molecule has 3 rings (SSSR count). The molecule has 0 aromatic heterocycles. The van der Waals surface area contributed by atoms with E-state index in [1.807, 2.05) is 30.3 Å². The van der Waals surface area contributed by atoms with Gasteiger partial charge in [-0.25, -0.2) is 9.18 Å². The highest BCUT2D eigenvalue weighted by atomic mass is 19.1. The Labute approximate surface area is 158 Å². The molecular formula is C22H24FNO3. The molecule has 2 aromatic rings. The fourth-order valence-corrected chi connectivity index (χ4v) is 3.67. The molecule has 0 saturated heterocycles. The van der Waals surface area contributed by atoms with Crippen LogP contribution in [-0.2, 0) is 11.2 Å². The lowest BCUT2D eigenvalue weighted by Crippen LogP contribution is -2.42. The Morgan fingerprint density at radius 2 is 1.96 bits per heavy atom. The lowest BCUT2D eigenvalue weighted by Gasteiger charge is -2.40. The third kappa shape index (κ3) is 4.74. The van der Waals surface area contributed by atoms with Crippen molar-refractivity contribution in [3.8, 4) is 5.75 Å². The number of aliphatic carboxylic acids is 1. The van der Waals surface area contributed by atoms with Gasteiger partial charge in [0.05, 0.1) is 6.04 Å². The Balaban J connectivity index is 1.98. The highest BCUT2D eigenvalue weighted by Gasteiger charge is 2.32. The molecule has 2 N–H and O–H groups in total. The van der Waals surface area contributed by atoms with E-state index in [0.29, 0.717) is 13.1 Å². The van der Waals surface area contributed by atoms with E-state index >= 15 is 0 Å². The zero-order chi connectivity index (χ0) is 19.6. The number of carboxylic acids is 1. The van der Waals surface area contributed by atoms with Crippen molar-refractivity contribution in [2.24, 2.45) is 0 Å². The van der Waals surface area contributed by atoms with Crippen LogP contribution in [0.5, 0.6) is 5.75 Å². The predicted molar refractivity (Wildman–Crippen MR) is 104 cm³/mol. The Bertz CT molecular complexity index is 853. The molecule has 0 fully saturated rings. The van der Waals surface area contributed by atoms with Gasteiger partial charge in [0.1, 0.15) is 11.4 Å². The first-order valence-corrected chi connectivity index (χ1v) is 8.99. The molecule has 0 aliphatic carbocycles. The van der Waals surface area contributed by atoms with E-state index in [1.165, 1.54) is 0 Å². The molecule has 1 aliphatic rings. The number of aromatic hydroxyl groups is 1. The van der Waals surface area contributed by atoms with Gasteiger partial charge in [0.2, 0.25) is 0 Å². The van der Waals surface area contributed by atoms with Gasteiger partial charge >= 0.3 is 5.97 Å². The molecule has 0 saturated carbocycles. The first-order valence-electron chi connectivity index (χ1n) is 8.99. The molecular weight excluding hydrogens is 345 g/mol. The van der Waals surface area contributed by atoms with Crippen molar-refractivity contribution in [3.63, 3.8) is 0 Å². The molecule has 0 radical (unpaired) electrons. The number of carboxylic acid groups (broad SMARTS) is 1. The molecule has 4 nitrogen and oxygen atoms in total. The van der Waals surface area contributed by atoms with Crippen molar-refractivity contribution in [1.82, 2.24) is 4.90 Å². The van der Waals surface area contributed by atoms with Crippen LogP contribution in [0.3, 0.4) is 0 Å². The molecule has 0 spiro atoms. The van der Waals surface area contributed by atoms with Gasteiger partial charge in [-0.2, -0.15) is 0 Å². The summed E-state index contributed by atoms with van der Waals surface area (Å²) >= 11 is 0. The Kier molecular flexibility index (Phi) is 5.33. The summed E-state index contributed by atoms with van der Waals surface area (Å²) in [5, 5.41) is 18.6. The SMILES string of the molecule is CC(C)(F)CN1CCc2cc(O)ccc2C1c1ccc(/C=C/C(=O)O)cc1. The molecule has 142 valence electrons. The summed E-state index contributed by atoms with van der Waals surface area (Å²) in [6.07, 6.45) is 3.41. The summed E-state index contributed by atoms with van der Waals surface area (Å²) in [5.41, 5.74) is 2.62. The summed E-state index contributed by atoms with van der Waals surface area (Å²) in [6, 6.07) is 12.9. The number of phenols is 1. The minimum absolute atomic E-state index is 0.109. The number of phenolic OH excluding ortho intramolecular Hbond substituents is 1. The summed E-state index contributed by atoms with van der Waals surface area (Å²) in [6.45, 7) is 4.17. The standard InChI is InChI=1S/C22H24FNO3/c1-22(2,23)14-24-12-11-17-13-18(25)8-9-19(17)21(24)16-6-3-15(4-7-16)5-10-20(26)27/h3-10,13,21,25H,11-12,14H2,1-2H3,(H,26,27)/b10-5+. The highest BCUT2D eigenvalue weighted by molar-refractivity contribution is 5.85. The van der Waals surface area contributed by atoms with E-state index in [9.17, 15) is 14.3 Å². The topological polar surface area (TPSA) is 60.8 Å². The zero-order valence-corrected chi connectivity index (χ0v) is 15.5. The maximum atomic E-state index is 14.4. The quantitative estimate of drug-likeness (QED) is 0.776. The third-order valence-electron chi connectivity index (χ3n) is 4.70. The average molecular weight is 369 g/mol. The van der Waals surface area contributed by atoms with Crippen LogP contribution in [0.25, 0.3) is 6.08 Å². The maximum absolute atomic E-state index is 14.4. The van der Waals surface area contributed by atoms with Crippen molar-refractivity contribution in [2.75, 3.05) is 13.1 Å². The van der Waals surface area contributed by atoms with Crippen LogP contribution in [0.15, 0.2) is 48.5 Å². The number of carbonyl (C=O) groups is 1. The Morgan fingerprint density at radius 3 is 2.59 bits per heavy atom. The van der Waals surface area contributed by atoms with E-state index in [4.69, 9.17) is 5.11 Å². The lowest BCUT2D eigenvalue weighted by molar-refractivity contribution is -0.131. The van der Waals surface area contributed by atoms with Crippen molar-refractivity contribution < 1.29 is 19.4 Å². The number of halogens is 1. The van der Waals surface area contributed by atoms with Crippen molar-refractivity contribution in [1.29, 1.82) is 0 Å². The van der Waals surface area contributed by atoms with Crippen molar-refractivity contribution in [3.05, 3.63) is 70.8 Å². The second-order valence-electron chi connectivity index (χ2n) is 7.56. The molecule has 1 heterocycles. The van der Waals surface area contributed by atoms with Gasteiger partial charge in [-0.1, -0.05) is 30.3 Å². The Morgan fingerprint density at radius 1 is 1.26 bits per heavy atom. The van der Waals surface area contributed by atoms with Gasteiger partial charge < -0.3 is 10.2 Å². The van der Waals surface area contributed by atoms with Crippen LogP contribution in [-0.4, -0.2) is 39.8 Å². The average Bonchev–Trinajstić information content (AvgIpc) is 2.59. The molecule has 0 amide bonds. The predicted octanol–water partition coefficient (Wildman–Crippen LogP) is 4.19. The second kappa shape index (κ2) is 7.53. The van der Waals surface area contributed by atoms with Crippen LogP contribution in [0, 0.1) is 0 Å². The molecule has 2 aromatic carbocycles. The fraction of sp³-hybridized carbons (Fsp3) is 0.318. The number of benzene rings is 2. The van der Waals surface area contributed by atoms with Crippen LogP contribution in [0.4, 0.5) is 4.39 Å². The van der Waals surface area contributed by atoms with E-state index in [2.05, 4.69) is 4.90 Å².